The molecule has 1 amide bonds. The predicted molar refractivity (Wildman–Crippen MR) is 83.5 cm³/mol. The normalized spacial score (nSPS) is 38.1. The van der Waals surface area contributed by atoms with Gasteiger partial charge in [-0.2, -0.15) is 0 Å². The number of amides is 1. The van der Waals surface area contributed by atoms with Gasteiger partial charge < -0.3 is 10.6 Å². The van der Waals surface area contributed by atoms with Crippen LogP contribution in [-0.4, -0.2) is 24.0 Å². The molecule has 2 rings (SSSR count). The molecule has 2 fully saturated rings. The summed E-state index contributed by atoms with van der Waals surface area (Å²) in [5.74, 6) is 2.29. The van der Waals surface area contributed by atoms with Gasteiger partial charge in [0.05, 0.1) is 5.54 Å². The second-order valence-corrected chi connectivity index (χ2v) is 7.37. The summed E-state index contributed by atoms with van der Waals surface area (Å²) in [5.41, 5.74) is -0.289. The van der Waals surface area contributed by atoms with Crippen LogP contribution in [0, 0.1) is 17.8 Å². The van der Waals surface area contributed by atoms with Crippen molar-refractivity contribution in [3.63, 3.8) is 0 Å². The predicted octanol–water partition coefficient (Wildman–Crippen LogP) is 3.10. The van der Waals surface area contributed by atoms with Crippen molar-refractivity contribution in [2.75, 3.05) is 6.54 Å². The van der Waals surface area contributed by atoms with Crippen molar-refractivity contribution in [2.24, 2.45) is 17.8 Å². The van der Waals surface area contributed by atoms with Gasteiger partial charge in [0, 0.05) is 6.04 Å². The smallest absolute Gasteiger partial charge is 0.240 e. The third-order valence-electron chi connectivity index (χ3n) is 5.62. The fourth-order valence-electron chi connectivity index (χ4n) is 4.14. The molecule has 3 nitrogen and oxygen atoms in total. The highest BCUT2D eigenvalue weighted by atomic mass is 16.2. The Balaban J connectivity index is 2.03. The fourth-order valence-corrected chi connectivity index (χ4v) is 4.14. The van der Waals surface area contributed by atoms with E-state index in [1.54, 1.807) is 0 Å². The van der Waals surface area contributed by atoms with Gasteiger partial charge in [0.25, 0.3) is 0 Å². The maximum absolute atomic E-state index is 12.8. The summed E-state index contributed by atoms with van der Waals surface area (Å²) in [4.78, 5) is 12.8. The lowest BCUT2D eigenvalue weighted by atomic mass is 9.73. The Bertz CT molecular complexity index is 334. The van der Waals surface area contributed by atoms with E-state index in [-0.39, 0.29) is 11.4 Å². The second-order valence-electron chi connectivity index (χ2n) is 7.37. The topological polar surface area (TPSA) is 41.1 Å². The van der Waals surface area contributed by atoms with Crippen molar-refractivity contribution in [3.05, 3.63) is 0 Å². The number of carbonyl (C=O) groups is 1. The van der Waals surface area contributed by atoms with E-state index in [1.165, 1.54) is 12.8 Å². The lowest BCUT2D eigenvalue weighted by molar-refractivity contribution is -0.129. The van der Waals surface area contributed by atoms with Gasteiger partial charge in [0.15, 0.2) is 0 Å². The van der Waals surface area contributed by atoms with Crippen LogP contribution < -0.4 is 10.6 Å². The Hall–Kier alpha value is -0.570. The molecule has 1 saturated carbocycles. The van der Waals surface area contributed by atoms with Crippen molar-refractivity contribution in [1.29, 1.82) is 0 Å². The van der Waals surface area contributed by atoms with Crippen LogP contribution in [0.3, 0.4) is 0 Å². The number of rotatable bonds is 4. The van der Waals surface area contributed by atoms with Crippen molar-refractivity contribution in [2.45, 2.75) is 77.8 Å². The van der Waals surface area contributed by atoms with E-state index >= 15 is 0 Å². The molecule has 20 heavy (non-hydrogen) atoms. The van der Waals surface area contributed by atoms with Gasteiger partial charge in [-0.15, -0.1) is 0 Å². The first-order valence-electron chi connectivity index (χ1n) is 8.54. The molecular formula is C17H32N2O. The van der Waals surface area contributed by atoms with E-state index in [9.17, 15) is 4.79 Å². The Labute approximate surface area is 124 Å². The number of carbonyl (C=O) groups excluding carboxylic acids is 1. The molecule has 3 heteroatoms. The molecule has 0 aromatic rings. The minimum atomic E-state index is -0.289. The summed E-state index contributed by atoms with van der Waals surface area (Å²) >= 11 is 0. The van der Waals surface area contributed by atoms with E-state index in [2.05, 4.69) is 38.3 Å². The van der Waals surface area contributed by atoms with Gasteiger partial charge in [-0.1, -0.05) is 34.1 Å². The van der Waals surface area contributed by atoms with Crippen molar-refractivity contribution < 1.29 is 4.79 Å². The first kappa shape index (κ1) is 15.8. The standard InChI is InChI=1S/C17H32N2O/c1-5-17(9-6-10-18-17)16(20)19-15-11-13(4)7-8-14(15)12(2)3/h12-15,18H,5-11H2,1-4H3,(H,19,20). The molecule has 1 aliphatic carbocycles. The van der Waals surface area contributed by atoms with Crippen molar-refractivity contribution >= 4 is 5.91 Å². The summed E-state index contributed by atoms with van der Waals surface area (Å²) in [5, 5.41) is 6.87. The maximum atomic E-state index is 12.8. The van der Waals surface area contributed by atoms with Gasteiger partial charge >= 0.3 is 0 Å². The molecule has 4 atom stereocenters. The highest BCUT2D eigenvalue weighted by Crippen LogP contribution is 2.34. The van der Waals surface area contributed by atoms with Gasteiger partial charge in [-0.05, 0) is 56.4 Å². The highest BCUT2D eigenvalue weighted by molar-refractivity contribution is 5.86. The summed E-state index contributed by atoms with van der Waals surface area (Å²) < 4.78 is 0. The Morgan fingerprint density at radius 3 is 2.70 bits per heavy atom. The lowest BCUT2D eigenvalue weighted by Crippen LogP contribution is -2.57. The van der Waals surface area contributed by atoms with Crippen LogP contribution in [0.2, 0.25) is 0 Å². The van der Waals surface area contributed by atoms with Crippen molar-refractivity contribution in [1.82, 2.24) is 10.6 Å². The van der Waals surface area contributed by atoms with Crippen LogP contribution in [0.5, 0.6) is 0 Å². The molecule has 0 bridgehead atoms. The molecule has 0 aromatic heterocycles. The zero-order valence-corrected chi connectivity index (χ0v) is 13.7. The first-order valence-corrected chi connectivity index (χ1v) is 8.54. The third-order valence-corrected chi connectivity index (χ3v) is 5.62. The molecule has 116 valence electrons. The quantitative estimate of drug-likeness (QED) is 0.831. The van der Waals surface area contributed by atoms with Gasteiger partial charge in [0.2, 0.25) is 5.91 Å². The average Bonchev–Trinajstić information content (AvgIpc) is 2.88. The summed E-state index contributed by atoms with van der Waals surface area (Å²) in [6.07, 6.45) is 6.73. The lowest BCUT2D eigenvalue weighted by Gasteiger charge is -2.40. The third kappa shape index (κ3) is 3.19. The van der Waals surface area contributed by atoms with Gasteiger partial charge in [-0.3, -0.25) is 4.79 Å². The van der Waals surface area contributed by atoms with E-state index in [0.29, 0.717) is 17.9 Å². The first-order chi connectivity index (χ1) is 9.48. The molecule has 0 spiro atoms. The minimum absolute atomic E-state index is 0.252. The Kier molecular flexibility index (Phi) is 5.11. The second kappa shape index (κ2) is 6.46. The average molecular weight is 280 g/mol. The number of hydrogen-bond donors (Lipinski definition) is 2. The zero-order valence-electron chi connectivity index (χ0n) is 13.7. The molecule has 0 aromatic carbocycles. The molecule has 2 aliphatic rings. The molecule has 0 radical (unpaired) electrons. The van der Waals surface area contributed by atoms with Crippen LogP contribution in [-0.2, 0) is 4.79 Å². The zero-order chi connectivity index (χ0) is 14.8. The number of nitrogens with one attached hydrogen (secondary N) is 2. The summed E-state index contributed by atoms with van der Waals surface area (Å²) in [7, 11) is 0. The molecule has 2 N–H and O–H groups in total. The van der Waals surface area contributed by atoms with E-state index in [4.69, 9.17) is 0 Å². The molecular weight excluding hydrogens is 248 g/mol. The van der Waals surface area contributed by atoms with E-state index in [0.717, 1.165) is 38.1 Å². The van der Waals surface area contributed by atoms with Crippen LogP contribution in [0.4, 0.5) is 0 Å². The SMILES string of the molecule is CCC1(C(=O)NC2CC(C)CCC2C(C)C)CCCN1. The maximum Gasteiger partial charge on any atom is 0.240 e. The van der Waals surface area contributed by atoms with Crippen molar-refractivity contribution in [3.8, 4) is 0 Å². The largest absolute Gasteiger partial charge is 0.351 e. The highest BCUT2D eigenvalue weighted by Gasteiger charge is 2.41. The summed E-state index contributed by atoms with van der Waals surface area (Å²) in [6.45, 7) is 10.0. The Morgan fingerprint density at radius 2 is 2.15 bits per heavy atom. The molecule has 1 saturated heterocycles. The van der Waals surface area contributed by atoms with Crippen LogP contribution >= 0.6 is 0 Å². The number of hydrogen-bond acceptors (Lipinski definition) is 2. The summed E-state index contributed by atoms with van der Waals surface area (Å²) in [6, 6.07) is 0.372. The van der Waals surface area contributed by atoms with Gasteiger partial charge in [0.1, 0.15) is 0 Å². The Morgan fingerprint density at radius 1 is 1.40 bits per heavy atom. The monoisotopic (exact) mass is 280 g/mol. The van der Waals surface area contributed by atoms with Crippen LogP contribution in [0.15, 0.2) is 0 Å². The van der Waals surface area contributed by atoms with E-state index in [1.807, 2.05) is 0 Å². The molecule has 1 aliphatic heterocycles. The fraction of sp³-hybridized carbons (Fsp3) is 0.941. The molecule has 1 heterocycles. The van der Waals surface area contributed by atoms with Crippen LogP contribution in [0.25, 0.3) is 0 Å². The van der Waals surface area contributed by atoms with Crippen LogP contribution in [0.1, 0.15) is 66.2 Å². The van der Waals surface area contributed by atoms with Gasteiger partial charge in [-0.25, -0.2) is 0 Å². The minimum Gasteiger partial charge on any atom is -0.351 e. The van der Waals surface area contributed by atoms with E-state index < -0.39 is 0 Å². The molecule has 4 unspecified atom stereocenters.